The highest BCUT2D eigenvalue weighted by atomic mass is 32.2. The summed E-state index contributed by atoms with van der Waals surface area (Å²) in [4.78, 5) is 23.9. The number of para-hydroxylation sites is 1. The number of rotatable bonds is 7. The molecule has 0 aliphatic rings. The minimum Gasteiger partial charge on any atom is -0.320 e. The minimum atomic E-state index is -0.847. The second-order valence-electron chi connectivity index (χ2n) is 5.16. The topological polar surface area (TPSA) is 79.8 Å². The second kappa shape index (κ2) is 8.09. The van der Waals surface area contributed by atoms with Gasteiger partial charge in [-0.05, 0) is 25.5 Å². The van der Waals surface area contributed by atoms with Gasteiger partial charge in [-0.3, -0.25) is 9.36 Å². The van der Waals surface area contributed by atoms with E-state index in [0.29, 0.717) is 11.7 Å². The summed E-state index contributed by atoms with van der Waals surface area (Å²) in [7, 11) is 0. The Morgan fingerprint density at radius 2 is 2.08 bits per heavy atom. The Hall–Kier alpha value is -2.16. The van der Waals surface area contributed by atoms with Gasteiger partial charge in [0.15, 0.2) is 5.16 Å². The van der Waals surface area contributed by atoms with Crippen LogP contribution in [0.5, 0.6) is 0 Å². The molecule has 0 spiro atoms. The Kier molecular flexibility index (Phi) is 6.13. The zero-order valence-electron chi connectivity index (χ0n) is 13.3. The van der Waals surface area contributed by atoms with E-state index in [1.165, 1.54) is 10.6 Å². The molecule has 0 unspecified atom stereocenters. The van der Waals surface area contributed by atoms with Gasteiger partial charge in [-0.15, -0.1) is 5.10 Å². The van der Waals surface area contributed by atoms with Gasteiger partial charge in [0.05, 0.1) is 5.25 Å². The number of hydrogen-bond acceptors (Lipinski definition) is 4. The number of benzene rings is 1. The number of nitrogens with zero attached hydrogens (tertiary/aromatic N) is 2. The molecule has 0 fully saturated rings. The SMILES string of the molecule is CCCCn1c(S[C@@H](C)C(=O)Nc2c(F)cccc2F)n[nH]c1=O. The number of carbonyl (C=O) groups is 1. The summed E-state index contributed by atoms with van der Waals surface area (Å²) in [5.74, 6) is -2.28. The molecule has 1 atom stereocenters. The minimum absolute atomic E-state index is 0.348. The van der Waals surface area contributed by atoms with Crippen LogP contribution < -0.4 is 11.0 Å². The standard InChI is InChI=1S/C15H18F2N4O2S/c1-3-4-8-21-14(23)19-20-15(21)24-9(2)13(22)18-12-10(16)6-5-7-11(12)17/h5-7,9H,3-4,8H2,1-2H3,(H,18,22)(H,19,23)/t9-/m0/s1. The highest BCUT2D eigenvalue weighted by Gasteiger charge is 2.21. The van der Waals surface area contributed by atoms with Crippen molar-refractivity contribution < 1.29 is 13.6 Å². The molecule has 1 aromatic heterocycles. The number of unbranched alkanes of at least 4 members (excludes halogenated alkanes) is 1. The van der Waals surface area contributed by atoms with Crippen molar-refractivity contribution >= 4 is 23.4 Å². The fraction of sp³-hybridized carbons (Fsp3) is 0.400. The molecule has 130 valence electrons. The van der Waals surface area contributed by atoms with Gasteiger partial charge in [-0.2, -0.15) is 0 Å². The van der Waals surface area contributed by atoms with Crippen LogP contribution in [-0.2, 0) is 11.3 Å². The van der Waals surface area contributed by atoms with Crippen LogP contribution in [0.1, 0.15) is 26.7 Å². The largest absolute Gasteiger partial charge is 0.343 e. The molecule has 2 rings (SSSR count). The third-order valence-electron chi connectivity index (χ3n) is 3.32. The van der Waals surface area contributed by atoms with Gasteiger partial charge < -0.3 is 5.32 Å². The summed E-state index contributed by atoms with van der Waals surface area (Å²) in [6.45, 7) is 4.06. The summed E-state index contributed by atoms with van der Waals surface area (Å²) < 4.78 is 28.6. The number of halogens is 2. The van der Waals surface area contributed by atoms with Gasteiger partial charge >= 0.3 is 5.69 Å². The maximum Gasteiger partial charge on any atom is 0.343 e. The molecule has 6 nitrogen and oxygen atoms in total. The van der Waals surface area contributed by atoms with E-state index in [4.69, 9.17) is 0 Å². The van der Waals surface area contributed by atoms with Gasteiger partial charge in [0.2, 0.25) is 5.91 Å². The van der Waals surface area contributed by atoms with Crippen molar-refractivity contribution in [3.63, 3.8) is 0 Å². The first-order valence-corrected chi connectivity index (χ1v) is 8.38. The summed E-state index contributed by atoms with van der Waals surface area (Å²) in [5, 5.41) is 8.14. The number of H-pyrrole nitrogens is 1. The molecule has 0 bridgehead atoms. The zero-order chi connectivity index (χ0) is 17.7. The van der Waals surface area contributed by atoms with Crippen LogP contribution in [0.25, 0.3) is 0 Å². The van der Waals surface area contributed by atoms with E-state index in [1.54, 1.807) is 6.92 Å². The van der Waals surface area contributed by atoms with E-state index in [1.807, 2.05) is 6.92 Å². The van der Waals surface area contributed by atoms with Gasteiger partial charge in [-0.25, -0.2) is 18.7 Å². The lowest BCUT2D eigenvalue weighted by molar-refractivity contribution is -0.115. The highest BCUT2D eigenvalue weighted by Crippen LogP contribution is 2.23. The molecule has 1 heterocycles. The molecule has 9 heteroatoms. The van der Waals surface area contributed by atoms with Crippen LogP contribution in [0.2, 0.25) is 0 Å². The molecule has 1 amide bonds. The average Bonchev–Trinajstić information content (AvgIpc) is 2.88. The molecule has 0 radical (unpaired) electrons. The third-order valence-corrected chi connectivity index (χ3v) is 4.41. The van der Waals surface area contributed by atoms with Crippen molar-refractivity contribution in [2.45, 2.75) is 43.6 Å². The quantitative estimate of drug-likeness (QED) is 0.748. The molecule has 0 aliphatic carbocycles. The predicted octanol–water partition coefficient (Wildman–Crippen LogP) is 2.77. The van der Waals surface area contributed by atoms with Crippen LogP contribution >= 0.6 is 11.8 Å². The lowest BCUT2D eigenvalue weighted by Crippen LogP contribution is -2.25. The molecular formula is C15H18F2N4O2S. The Bertz CT molecular complexity index is 755. The van der Waals surface area contributed by atoms with E-state index in [2.05, 4.69) is 15.5 Å². The highest BCUT2D eigenvalue weighted by molar-refractivity contribution is 8.00. The molecule has 2 aromatic rings. The maximum atomic E-state index is 13.6. The Morgan fingerprint density at radius 1 is 1.42 bits per heavy atom. The van der Waals surface area contributed by atoms with E-state index < -0.39 is 28.5 Å². The maximum absolute atomic E-state index is 13.6. The molecule has 24 heavy (non-hydrogen) atoms. The lowest BCUT2D eigenvalue weighted by atomic mass is 10.3. The van der Waals surface area contributed by atoms with E-state index in [0.717, 1.165) is 36.7 Å². The van der Waals surface area contributed by atoms with E-state index in [9.17, 15) is 18.4 Å². The van der Waals surface area contributed by atoms with Gasteiger partial charge in [-0.1, -0.05) is 31.2 Å². The van der Waals surface area contributed by atoms with Crippen LogP contribution in [0.4, 0.5) is 14.5 Å². The predicted molar refractivity (Wildman–Crippen MR) is 88.1 cm³/mol. The number of thioether (sulfide) groups is 1. The number of aromatic amines is 1. The molecule has 1 aromatic carbocycles. The number of nitrogens with one attached hydrogen (secondary N) is 2. The number of amides is 1. The van der Waals surface area contributed by atoms with Crippen molar-refractivity contribution in [2.24, 2.45) is 0 Å². The van der Waals surface area contributed by atoms with E-state index >= 15 is 0 Å². The molecule has 2 N–H and O–H groups in total. The van der Waals surface area contributed by atoms with E-state index in [-0.39, 0.29) is 5.69 Å². The van der Waals surface area contributed by atoms with Crippen molar-refractivity contribution in [3.05, 3.63) is 40.3 Å². The Labute approximate surface area is 141 Å². The first-order chi connectivity index (χ1) is 11.4. The van der Waals surface area contributed by atoms with Crippen molar-refractivity contribution in [2.75, 3.05) is 5.32 Å². The number of hydrogen-bond donors (Lipinski definition) is 2. The summed E-state index contributed by atoms with van der Waals surface area (Å²) in [6.07, 6.45) is 1.71. The molecule has 0 saturated heterocycles. The Balaban J connectivity index is 2.08. The van der Waals surface area contributed by atoms with Crippen molar-refractivity contribution in [1.82, 2.24) is 14.8 Å². The van der Waals surface area contributed by atoms with Crippen molar-refractivity contribution in [3.8, 4) is 0 Å². The first-order valence-electron chi connectivity index (χ1n) is 7.50. The summed E-state index contributed by atoms with van der Waals surface area (Å²) >= 11 is 1.04. The van der Waals surface area contributed by atoms with Gasteiger partial charge in [0.1, 0.15) is 17.3 Å². The Morgan fingerprint density at radius 3 is 2.71 bits per heavy atom. The average molecular weight is 356 g/mol. The zero-order valence-corrected chi connectivity index (χ0v) is 14.1. The normalized spacial score (nSPS) is 12.2. The fourth-order valence-electron chi connectivity index (χ4n) is 1.96. The third kappa shape index (κ3) is 4.22. The smallest absolute Gasteiger partial charge is 0.320 e. The van der Waals surface area contributed by atoms with Crippen LogP contribution in [0.15, 0.2) is 28.2 Å². The number of carbonyl (C=O) groups excluding carboxylic acids is 1. The first kappa shape index (κ1) is 18.2. The van der Waals surface area contributed by atoms with Crippen LogP contribution in [-0.4, -0.2) is 25.9 Å². The molecule has 0 saturated carbocycles. The molecule has 0 aliphatic heterocycles. The molecular weight excluding hydrogens is 338 g/mol. The van der Waals surface area contributed by atoms with Crippen molar-refractivity contribution in [1.29, 1.82) is 0 Å². The number of anilines is 1. The summed E-state index contributed by atoms with van der Waals surface area (Å²) in [6, 6.07) is 3.34. The lowest BCUT2D eigenvalue weighted by Gasteiger charge is -2.13. The summed E-state index contributed by atoms with van der Waals surface area (Å²) in [5.41, 5.74) is -0.834. The van der Waals surface area contributed by atoms with Crippen LogP contribution in [0, 0.1) is 11.6 Å². The number of aromatic nitrogens is 3. The van der Waals surface area contributed by atoms with Crippen LogP contribution in [0.3, 0.4) is 0 Å². The second-order valence-corrected chi connectivity index (χ2v) is 6.47. The monoisotopic (exact) mass is 356 g/mol. The van der Waals surface area contributed by atoms with Gasteiger partial charge in [0.25, 0.3) is 0 Å². The van der Waals surface area contributed by atoms with Gasteiger partial charge in [0, 0.05) is 6.54 Å². The fourth-order valence-corrected chi connectivity index (χ4v) is 2.84.